The van der Waals surface area contributed by atoms with Gasteiger partial charge in [-0.2, -0.15) is 0 Å². The minimum Gasteiger partial charge on any atom is -0.0793 e. The molecule has 0 spiro atoms. The van der Waals surface area contributed by atoms with Gasteiger partial charge in [0.05, 0.1) is 0 Å². The molecule has 0 heterocycles. The first-order chi connectivity index (χ1) is 19.8. The molecule has 0 bridgehead atoms. The van der Waals surface area contributed by atoms with Gasteiger partial charge in [0.1, 0.15) is 0 Å². The number of hydrogen-bond donors (Lipinski definition) is 0. The van der Waals surface area contributed by atoms with E-state index in [0.29, 0.717) is 0 Å². The van der Waals surface area contributed by atoms with Crippen LogP contribution in [0.4, 0.5) is 0 Å². The highest BCUT2D eigenvalue weighted by Crippen LogP contribution is 2.39. The van der Waals surface area contributed by atoms with Gasteiger partial charge in [-0.1, -0.05) is 132 Å². The van der Waals surface area contributed by atoms with Crippen LogP contribution in [-0.2, 0) is 0 Å². The van der Waals surface area contributed by atoms with E-state index in [9.17, 15) is 0 Å². The van der Waals surface area contributed by atoms with Gasteiger partial charge in [0, 0.05) is 4.91 Å². The van der Waals surface area contributed by atoms with E-state index in [1.54, 1.807) is 0 Å². The summed E-state index contributed by atoms with van der Waals surface area (Å²) in [7, 11) is 1.86. The van der Waals surface area contributed by atoms with Crippen LogP contribution in [0.2, 0.25) is 0 Å². The Bertz CT molecular complexity index is 1790. The highest BCUT2D eigenvalue weighted by Gasteiger charge is 2.13. The van der Waals surface area contributed by atoms with Gasteiger partial charge in [-0.3, -0.25) is 0 Å². The first-order valence-electron chi connectivity index (χ1n) is 13.1. The molecule has 0 fully saturated rings. The van der Waals surface area contributed by atoms with Crippen molar-refractivity contribution in [3.8, 4) is 33.4 Å². The fourth-order valence-corrected chi connectivity index (χ4v) is 5.53. The van der Waals surface area contributed by atoms with Crippen LogP contribution in [-0.4, -0.2) is 0 Å². The fraction of sp³-hybridized carbons (Fsp3) is 0. The summed E-state index contributed by atoms with van der Waals surface area (Å²) in [6, 6.07) is 52.9. The summed E-state index contributed by atoms with van der Waals surface area (Å²) in [6.45, 7) is 0. The summed E-state index contributed by atoms with van der Waals surface area (Å²) in [5.41, 5.74) is 14.8. The molecule has 40 heavy (non-hydrogen) atoms. The Morgan fingerprint density at radius 2 is 0.700 bits per heavy atom. The van der Waals surface area contributed by atoms with Crippen LogP contribution >= 0.6 is 9.39 Å². The maximum absolute atomic E-state index is 7.31. The molecule has 1 atom stereocenters. The predicted octanol–water partition coefficient (Wildman–Crippen LogP) is 11.2. The minimum atomic E-state index is 1.24. The molecule has 0 N–H and O–H groups in total. The van der Waals surface area contributed by atoms with E-state index >= 15 is 0 Å². The smallest absolute Gasteiger partial charge is 0.00419 e. The molecule has 0 radical (unpaired) electrons. The normalized spacial score (nSPS) is 10.6. The average molecular weight is 532 g/mol. The molecule has 4 heteroatoms. The van der Waals surface area contributed by atoms with Gasteiger partial charge in [0.25, 0.3) is 0 Å². The summed E-state index contributed by atoms with van der Waals surface area (Å²) in [5, 5.41) is 7.61. The van der Waals surface area contributed by atoms with Gasteiger partial charge in [0.2, 0.25) is 0 Å². The van der Waals surface area contributed by atoms with Crippen molar-refractivity contribution in [2.24, 2.45) is 4.88 Å². The molecule has 0 aliphatic carbocycles. The second kappa shape index (κ2) is 11.4. The molecule has 1 unspecified atom stereocenters. The van der Waals surface area contributed by atoms with Crippen molar-refractivity contribution in [3.63, 3.8) is 0 Å². The van der Waals surface area contributed by atoms with Crippen LogP contribution < -0.4 is 0 Å². The van der Waals surface area contributed by atoms with Gasteiger partial charge in [-0.25, -0.2) is 0 Å². The molecule has 0 aliphatic heterocycles. The standard InChI is InChI=1S/C36H24.H2N3P/c1-4-16-31-25(10-1)13-7-19-34(31)28-22-29(35-20-8-14-26-11-2-5-17-32(26)35)24-30(23-28)36-21-9-15-27-12-3-6-18-33(27)36;1-2-3-4/h1-24H;4H2. The Balaban J connectivity index is 0.000000680. The largest absolute Gasteiger partial charge is 0.0793 e. The molecular formula is C36H26N3P. The molecular weight excluding hydrogens is 505 g/mol. The van der Waals surface area contributed by atoms with E-state index in [4.69, 9.17) is 5.53 Å². The lowest BCUT2D eigenvalue weighted by atomic mass is 9.89. The highest BCUT2D eigenvalue weighted by molar-refractivity contribution is 7.14. The Hall–Kier alpha value is -4.94. The molecule has 7 aromatic carbocycles. The number of fused-ring (bicyclic) bond motifs is 3. The fourth-order valence-electron chi connectivity index (χ4n) is 5.53. The zero-order valence-electron chi connectivity index (χ0n) is 21.8. The molecule has 7 rings (SSSR count). The van der Waals surface area contributed by atoms with Gasteiger partial charge in [0.15, 0.2) is 0 Å². The summed E-state index contributed by atoms with van der Waals surface area (Å²) in [4.78, 5) is 5.16. The predicted molar refractivity (Wildman–Crippen MR) is 174 cm³/mol. The van der Waals surface area contributed by atoms with Crippen molar-refractivity contribution in [3.05, 3.63) is 156 Å². The quantitative estimate of drug-likeness (QED) is 0.0942. The van der Waals surface area contributed by atoms with E-state index in [1.807, 2.05) is 9.39 Å². The first-order valence-corrected chi connectivity index (χ1v) is 13.6. The van der Waals surface area contributed by atoms with Gasteiger partial charge >= 0.3 is 0 Å². The topological polar surface area (TPSA) is 48.8 Å². The van der Waals surface area contributed by atoms with E-state index in [1.165, 1.54) is 65.7 Å². The van der Waals surface area contributed by atoms with E-state index in [2.05, 4.69) is 155 Å². The Labute approximate surface area is 235 Å². The van der Waals surface area contributed by atoms with E-state index < -0.39 is 0 Å². The zero-order valence-corrected chi connectivity index (χ0v) is 22.9. The molecule has 0 amide bonds. The lowest BCUT2D eigenvalue weighted by Gasteiger charge is -2.15. The maximum atomic E-state index is 7.31. The Kier molecular flexibility index (Phi) is 7.24. The van der Waals surface area contributed by atoms with Crippen molar-refractivity contribution in [1.82, 2.24) is 0 Å². The summed E-state index contributed by atoms with van der Waals surface area (Å²) in [6.07, 6.45) is 0. The molecule has 0 saturated heterocycles. The second-order valence-corrected chi connectivity index (χ2v) is 9.82. The Morgan fingerprint density at radius 1 is 0.425 bits per heavy atom. The molecule has 0 aliphatic rings. The van der Waals surface area contributed by atoms with Crippen LogP contribution in [0.25, 0.3) is 76.1 Å². The summed E-state index contributed by atoms with van der Waals surface area (Å²) >= 11 is 0. The monoisotopic (exact) mass is 531 g/mol. The number of hydrogen-bond acceptors (Lipinski definition) is 1. The van der Waals surface area contributed by atoms with Gasteiger partial charge in [-0.15, -0.1) is 0 Å². The lowest BCUT2D eigenvalue weighted by Crippen LogP contribution is -1.89. The average Bonchev–Trinajstić information content (AvgIpc) is 3.04. The van der Waals surface area contributed by atoms with Crippen molar-refractivity contribution < 1.29 is 0 Å². The molecule has 3 nitrogen and oxygen atoms in total. The van der Waals surface area contributed by atoms with Crippen molar-refractivity contribution in [2.75, 3.05) is 0 Å². The summed E-state index contributed by atoms with van der Waals surface area (Å²) < 4.78 is 0. The van der Waals surface area contributed by atoms with Crippen molar-refractivity contribution >= 4 is 41.7 Å². The third-order valence-electron chi connectivity index (χ3n) is 7.29. The second-order valence-electron chi connectivity index (χ2n) is 9.58. The molecule has 0 aromatic heterocycles. The maximum Gasteiger partial charge on any atom is 0.00419 e. The minimum absolute atomic E-state index is 1.24. The summed E-state index contributed by atoms with van der Waals surface area (Å²) in [5.74, 6) is 0. The van der Waals surface area contributed by atoms with Crippen LogP contribution in [0.15, 0.2) is 150 Å². The van der Waals surface area contributed by atoms with Crippen molar-refractivity contribution in [1.29, 1.82) is 0 Å². The van der Waals surface area contributed by atoms with E-state index in [0.717, 1.165) is 0 Å². The van der Waals surface area contributed by atoms with Crippen molar-refractivity contribution in [2.45, 2.75) is 0 Å². The molecule has 0 saturated carbocycles. The number of azide groups is 1. The SMILES string of the molecule is [N-]=[N+]=NP.c1ccc2c(-c3cc(-c4cccc5ccccc45)cc(-c4cccc5ccccc45)c3)cccc2c1. The van der Waals surface area contributed by atoms with Crippen LogP contribution in [0.5, 0.6) is 0 Å². The number of rotatable bonds is 3. The molecule has 7 aromatic rings. The zero-order chi connectivity index (χ0) is 27.3. The number of benzene rings is 7. The Morgan fingerprint density at radius 3 is 1.00 bits per heavy atom. The van der Waals surface area contributed by atoms with Crippen LogP contribution in [0, 0.1) is 0 Å². The highest BCUT2D eigenvalue weighted by atomic mass is 31.0. The lowest BCUT2D eigenvalue weighted by molar-refractivity contribution is 1.60. The van der Waals surface area contributed by atoms with Crippen LogP contribution in [0.3, 0.4) is 0 Å². The first kappa shape index (κ1) is 25.3. The third kappa shape index (κ3) is 4.93. The van der Waals surface area contributed by atoms with Crippen LogP contribution in [0.1, 0.15) is 0 Å². The number of nitrogens with zero attached hydrogens (tertiary/aromatic N) is 3. The van der Waals surface area contributed by atoms with Gasteiger partial charge in [-0.05, 0) is 98.8 Å². The van der Waals surface area contributed by atoms with Gasteiger partial charge < -0.3 is 0 Å². The third-order valence-corrected chi connectivity index (χ3v) is 7.39. The van der Waals surface area contributed by atoms with E-state index in [-0.39, 0.29) is 0 Å². The molecule has 190 valence electrons.